The van der Waals surface area contributed by atoms with Gasteiger partial charge in [-0.15, -0.1) is 0 Å². The number of alkyl halides is 3. The Labute approximate surface area is 78.7 Å². The number of nitrogens with zero attached hydrogens (tertiary/aromatic N) is 1. The lowest BCUT2D eigenvalue weighted by Gasteiger charge is -2.15. The van der Waals surface area contributed by atoms with E-state index in [0.717, 1.165) is 6.20 Å². The molecule has 1 unspecified atom stereocenters. The highest BCUT2D eigenvalue weighted by atomic mass is 19.4. The summed E-state index contributed by atoms with van der Waals surface area (Å²) in [6.07, 6.45) is -2.08. The molecule has 3 nitrogen and oxygen atoms in total. The van der Waals surface area contributed by atoms with E-state index in [4.69, 9.17) is 10.5 Å². The van der Waals surface area contributed by atoms with Crippen molar-refractivity contribution < 1.29 is 17.9 Å². The molecule has 0 aliphatic rings. The summed E-state index contributed by atoms with van der Waals surface area (Å²) >= 11 is 0. The number of hydrogen-bond acceptors (Lipinski definition) is 3. The van der Waals surface area contributed by atoms with Crippen molar-refractivity contribution in [2.75, 3.05) is 7.11 Å². The summed E-state index contributed by atoms with van der Waals surface area (Å²) < 4.78 is 41.3. The molecule has 1 heterocycles. The maximum Gasteiger partial charge on any atom is 0.407 e. The molecule has 0 aliphatic carbocycles. The molecule has 1 aromatic heterocycles. The molecule has 0 aliphatic heterocycles. The summed E-state index contributed by atoms with van der Waals surface area (Å²) in [7, 11) is 1.35. The Morgan fingerprint density at radius 3 is 2.57 bits per heavy atom. The van der Waals surface area contributed by atoms with Crippen molar-refractivity contribution in [3.8, 4) is 5.75 Å². The van der Waals surface area contributed by atoms with E-state index >= 15 is 0 Å². The number of aromatic nitrogens is 1. The fourth-order valence-electron chi connectivity index (χ4n) is 0.906. The maximum absolute atomic E-state index is 12.2. The molecule has 0 saturated carbocycles. The monoisotopic (exact) mass is 206 g/mol. The predicted molar refractivity (Wildman–Crippen MR) is 43.8 cm³/mol. The second-order valence-corrected chi connectivity index (χ2v) is 2.68. The highest BCUT2D eigenvalue weighted by Gasteiger charge is 2.38. The fraction of sp³-hybridized carbons (Fsp3) is 0.375. The fourth-order valence-corrected chi connectivity index (χ4v) is 0.906. The van der Waals surface area contributed by atoms with Crippen LogP contribution in [0.5, 0.6) is 5.75 Å². The normalized spacial score (nSPS) is 13.8. The number of halogens is 3. The van der Waals surface area contributed by atoms with E-state index in [1.165, 1.54) is 19.4 Å². The van der Waals surface area contributed by atoms with Gasteiger partial charge in [-0.3, -0.25) is 4.98 Å². The van der Waals surface area contributed by atoms with Gasteiger partial charge in [-0.05, 0) is 11.6 Å². The molecular weight excluding hydrogens is 197 g/mol. The second kappa shape index (κ2) is 3.83. The number of methoxy groups -OCH3 is 1. The molecule has 1 rings (SSSR count). The molecule has 14 heavy (non-hydrogen) atoms. The van der Waals surface area contributed by atoms with Gasteiger partial charge >= 0.3 is 6.18 Å². The average Bonchev–Trinajstić information content (AvgIpc) is 2.15. The number of hydrogen-bond donors (Lipinski definition) is 1. The van der Waals surface area contributed by atoms with E-state index in [9.17, 15) is 13.2 Å². The summed E-state index contributed by atoms with van der Waals surface area (Å²) in [6, 6.07) is -0.810. The molecule has 0 amide bonds. The van der Waals surface area contributed by atoms with E-state index in [-0.39, 0.29) is 11.3 Å². The molecule has 78 valence electrons. The Morgan fingerprint density at radius 1 is 1.43 bits per heavy atom. The van der Waals surface area contributed by atoms with Crippen molar-refractivity contribution in [2.24, 2.45) is 5.73 Å². The van der Waals surface area contributed by atoms with E-state index < -0.39 is 12.2 Å². The Bertz CT molecular complexity index is 314. The summed E-state index contributed by atoms with van der Waals surface area (Å²) in [6.45, 7) is 0. The summed E-state index contributed by atoms with van der Waals surface area (Å²) in [5, 5.41) is 0. The first kappa shape index (κ1) is 10.8. The average molecular weight is 206 g/mol. The minimum atomic E-state index is -4.46. The van der Waals surface area contributed by atoms with Crippen LogP contribution in [0.4, 0.5) is 13.2 Å². The Balaban J connectivity index is 2.95. The lowest BCUT2D eigenvalue weighted by Crippen LogP contribution is -2.28. The minimum absolute atomic E-state index is 0.114. The quantitative estimate of drug-likeness (QED) is 0.800. The highest BCUT2D eigenvalue weighted by molar-refractivity contribution is 5.26. The van der Waals surface area contributed by atoms with Crippen LogP contribution in [0.2, 0.25) is 0 Å². The third kappa shape index (κ3) is 2.35. The number of nitrogens with two attached hydrogens (primary N) is 1. The van der Waals surface area contributed by atoms with Crippen molar-refractivity contribution in [3.05, 3.63) is 24.0 Å². The van der Waals surface area contributed by atoms with Gasteiger partial charge in [-0.25, -0.2) is 0 Å². The van der Waals surface area contributed by atoms with Crippen LogP contribution in [0.25, 0.3) is 0 Å². The first-order valence-corrected chi connectivity index (χ1v) is 3.76. The molecule has 1 atom stereocenters. The van der Waals surface area contributed by atoms with Crippen LogP contribution in [0, 0.1) is 0 Å². The minimum Gasteiger partial charge on any atom is -0.495 e. The van der Waals surface area contributed by atoms with E-state index in [0.29, 0.717) is 0 Å². The van der Waals surface area contributed by atoms with Crippen LogP contribution >= 0.6 is 0 Å². The van der Waals surface area contributed by atoms with Crippen LogP contribution in [-0.4, -0.2) is 18.3 Å². The zero-order valence-electron chi connectivity index (χ0n) is 7.38. The van der Waals surface area contributed by atoms with Crippen LogP contribution in [-0.2, 0) is 0 Å². The third-order valence-electron chi connectivity index (χ3n) is 1.68. The van der Waals surface area contributed by atoms with E-state index in [2.05, 4.69) is 4.98 Å². The molecule has 0 saturated heterocycles. The lowest BCUT2D eigenvalue weighted by molar-refractivity contribution is -0.149. The van der Waals surface area contributed by atoms with Crippen molar-refractivity contribution >= 4 is 0 Å². The zero-order chi connectivity index (χ0) is 10.8. The maximum atomic E-state index is 12.2. The largest absolute Gasteiger partial charge is 0.495 e. The molecule has 0 bridgehead atoms. The van der Waals surface area contributed by atoms with Gasteiger partial charge in [0, 0.05) is 6.20 Å². The number of pyridine rings is 1. The lowest BCUT2D eigenvalue weighted by atomic mass is 10.1. The van der Waals surface area contributed by atoms with E-state index in [1.54, 1.807) is 0 Å². The van der Waals surface area contributed by atoms with Gasteiger partial charge in [-0.1, -0.05) is 0 Å². The zero-order valence-corrected chi connectivity index (χ0v) is 7.38. The van der Waals surface area contributed by atoms with Crippen LogP contribution in [0.15, 0.2) is 18.5 Å². The van der Waals surface area contributed by atoms with Crippen molar-refractivity contribution in [1.82, 2.24) is 4.98 Å². The Hall–Kier alpha value is -1.30. The van der Waals surface area contributed by atoms with Gasteiger partial charge in [0.1, 0.15) is 11.8 Å². The smallest absolute Gasteiger partial charge is 0.407 e. The molecule has 0 spiro atoms. The van der Waals surface area contributed by atoms with Gasteiger partial charge in [0.2, 0.25) is 0 Å². The molecule has 0 fully saturated rings. The van der Waals surface area contributed by atoms with Gasteiger partial charge in [0.15, 0.2) is 0 Å². The highest BCUT2D eigenvalue weighted by Crippen LogP contribution is 2.31. The molecule has 2 N–H and O–H groups in total. The topological polar surface area (TPSA) is 48.1 Å². The number of ether oxygens (including phenoxy) is 1. The molecule has 1 aromatic rings. The summed E-state index contributed by atoms with van der Waals surface area (Å²) in [4.78, 5) is 3.59. The number of rotatable bonds is 2. The van der Waals surface area contributed by atoms with Crippen molar-refractivity contribution in [3.63, 3.8) is 0 Å². The first-order valence-electron chi connectivity index (χ1n) is 3.76. The summed E-state index contributed by atoms with van der Waals surface area (Å²) in [5.74, 6) is 0.252. The third-order valence-corrected chi connectivity index (χ3v) is 1.68. The SMILES string of the molecule is COc1cncc(C(N)C(F)(F)F)c1. The Kier molecular flexibility index (Phi) is 2.95. The Morgan fingerprint density at radius 2 is 2.07 bits per heavy atom. The van der Waals surface area contributed by atoms with Gasteiger partial charge in [-0.2, -0.15) is 13.2 Å². The first-order chi connectivity index (χ1) is 6.45. The molecule has 6 heteroatoms. The van der Waals surface area contributed by atoms with Gasteiger partial charge < -0.3 is 10.5 Å². The van der Waals surface area contributed by atoms with Crippen molar-refractivity contribution in [1.29, 1.82) is 0 Å². The predicted octanol–water partition coefficient (Wildman–Crippen LogP) is 1.65. The van der Waals surface area contributed by atoms with E-state index in [1.807, 2.05) is 0 Å². The molecule has 0 aromatic carbocycles. The summed E-state index contributed by atoms with van der Waals surface area (Å²) in [5.41, 5.74) is 4.86. The van der Waals surface area contributed by atoms with Crippen LogP contribution in [0.1, 0.15) is 11.6 Å². The van der Waals surface area contributed by atoms with Crippen molar-refractivity contribution in [2.45, 2.75) is 12.2 Å². The van der Waals surface area contributed by atoms with Crippen LogP contribution in [0.3, 0.4) is 0 Å². The molecular formula is C8H9F3N2O. The standard InChI is InChI=1S/C8H9F3N2O/c1-14-6-2-5(3-13-4-6)7(12)8(9,10)11/h2-4,7H,12H2,1H3. The second-order valence-electron chi connectivity index (χ2n) is 2.68. The van der Waals surface area contributed by atoms with Gasteiger partial charge in [0.25, 0.3) is 0 Å². The van der Waals surface area contributed by atoms with Crippen LogP contribution < -0.4 is 10.5 Å². The van der Waals surface area contributed by atoms with Gasteiger partial charge in [0.05, 0.1) is 13.3 Å². The molecule has 0 radical (unpaired) electrons.